The second kappa shape index (κ2) is 7.18. The Kier molecular flexibility index (Phi) is 5.28. The number of hydrogen-bond donors (Lipinski definition) is 2. The number of carbonyl (C=O) groups is 1. The van der Waals surface area contributed by atoms with Gasteiger partial charge in [-0.25, -0.2) is 0 Å². The number of anilines is 2. The molecule has 0 aliphatic heterocycles. The van der Waals surface area contributed by atoms with Gasteiger partial charge in [-0.15, -0.1) is 0 Å². The monoisotopic (exact) mass is 318 g/mol. The van der Waals surface area contributed by atoms with Crippen LogP contribution in [0.2, 0.25) is 5.02 Å². The van der Waals surface area contributed by atoms with Gasteiger partial charge in [0.1, 0.15) is 5.75 Å². The number of amides is 1. The van der Waals surface area contributed by atoms with Gasteiger partial charge in [0.05, 0.1) is 30.1 Å². The molecule has 0 aliphatic carbocycles. The molecule has 0 saturated carbocycles. The van der Waals surface area contributed by atoms with Crippen molar-refractivity contribution in [3.05, 3.63) is 52.5 Å². The number of halogens is 1. The lowest BCUT2D eigenvalue weighted by molar-refractivity contribution is -0.114. The number of ether oxygens (including phenoxy) is 1. The molecule has 0 radical (unpaired) electrons. The molecule has 0 aromatic heterocycles. The molecule has 0 bridgehead atoms. The van der Waals surface area contributed by atoms with Crippen molar-refractivity contribution in [2.45, 2.75) is 13.8 Å². The molecule has 2 rings (SSSR count). The van der Waals surface area contributed by atoms with E-state index in [1.807, 2.05) is 38.1 Å². The largest absolute Gasteiger partial charge is 0.495 e. The standard InChI is InChI=1S/C17H19ClN2O2/c1-11-8-12(2)17(13(18)9-11)19-10-16(21)20-14-6-4-5-7-15(14)22-3/h4-9,19H,10H2,1-3H3,(H,20,21). The summed E-state index contributed by atoms with van der Waals surface area (Å²) in [6.07, 6.45) is 0. The molecule has 0 atom stereocenters. The van der Waals surface area contributed by atoms with Crippen molar-refractivity contribution in [2.24, 2.45) is 0 Å². The van der Waals surface area contributed by atoms with Crippen molar-refractivity contribution in [1.29, 1.82) is 0 Å². The van der Waals surface area contributed by atoms with Crippen LogP contribution in [-0.4, -0.2) is 19.6 Å². The Morgan fingerprint density at radius 1 is 1.23 bits per heavy atom. The maximum absolute atomic E-state index is 12.1. The quantitative estimate of drug-likeness (QED) is 0.875. The van der Waals surface area contributed by atoms with Crippen LogP contribution in [0, 0.1) is 13.8 Å². The smallest absolute Gasteiger partial charge is 0.243 e. The molecule has 1 amide bonds. The SMILES string of the molecule is COc1ccccc1NC(=O)CNc1c(C)cc(C)cc1Cl. The summed E-state index contributed by atoms with van der Waals surface area (Å²) in [7, 11) is 1.57. The number of rotatable bonds is 5. The van der Waals surface area contributed by atoms with E-state index in [-0.39, 0.29) is 12.5 Å². The molecule has 0 spiro atoms. The summed E-state index contributed by atoms with van der Waals surface area (Å²) in [6, 6.07) is 11.2. The fraction of sp³-hybridized carbons (Fsp3) is 0.235. The first-order valence-electron chi connectivity index (χ1n) is 6.94. The number of methoxy groups -OCH3 is 1. The van der Waals surface area contributed by atoms with Gasteiger partial charge in [-0.2, -0.15) is 0 Å². The number of aryl methyl sites for hydroxylation is 2. The van der Waals surface area contributed by atoms with Gasteiger partial charge in [0.25, 0.3) is 0 Å². The molecule has 2 aromatic carbocycles. The summed E-state index contributed by atoms with van der Waals surface area (Å²) in [6.45, 7) is 4.07. The minimum Gasteiger partial charge on any atom is -0.495 e. The zero-order chi connectivity index (χ0) is 16.1. The molecule has 22 heavy (non-hydrogen) atoms. The highest BCUT2D eigenvalue weighted by Crippen LogP contribution is 2.27. The van der Waals surface area contributed by atoms with Gasteiger partial charge >= 0.3 is 0 Å². The number of para-hydroxylation sites is 2. The van der Waals surface area contributed by atoms with Crippen molar-refractivity contribution in [1.82, 2.24) is 0 Å². The summed E-state index contributed by atoms with van der Waals surface area (Å²) in [4.78, 5) is 12.1. The zero-order valence-electron chi connectivity index (χ0n) is 12.9. The fourth-order valence-electron chi connectivity index (χ4n) is 2.25. The van der Waals surface area contributed by atoms with Crippen molar-refractivity contribution < 1.29 is 9.53 Å². The molecule has 2 N–H and O–H groups in total. The van der Waals surface area contributed by atoms with Gasteiger partial charge < -0.3 is 15.4 Å². The molecule has 0 unspecified atom stereocenters. The topological polar surface area (TPSA) is 50.4 Å². The van der Waals surface area contributed by atoms with E-state index in [1.165, 1.54) is 0 Å². The van der Waals surface area contributed by atoms with Crippen molar-refractivity contribution in [3.8, 4) is 5.75 Å². The van der Waals surface area contributed by atoms with E-state index in [9.17, 15) is 4.79 Å². The van der Waals surface area contributed by atoms with Crippen LogP contribution in [0.25, 0.3) is 0 Å². The lowest BCUT2D eigenvalue weighted by Gasteiger charge is -2.13. The normalized spacial score (nSPS) is 10.2. The van der Waals surface area contributed by atoms with Crippen LogP contribution in [0.4, 0.5) is 11.4 Å². The minimum atomic E-state index is -0.166. The predicted octanol–water partition coefficient (Wildman–Crippen LogP) is 4.02. The predicted molar refractivity (Wildman–Crippen MR) is 91.0 cm³/mol. The first-order chi connectivity index (χ1) is 10.5. The first kappa shape index (κ1) is 16.2. The third kappa shape index (κ3) is 3.92. The van der Waals surface area contributed by atoms with Crippen LogP contribution in [0.3, 0.4) is 0 Å². The highest BCUT2D eigenvalue weighted by molar-refractivity contribution is 6.33. The van der Waals surface area contributed by atoms with Gasteiger partial charge in [0, 0.05) is 0 Å². The van der Waals surface area contributed by atoms with Crippen LogP contribution < -0.4 is 15.4 Å². The van der Waals surface area contributed by atoms with Gasteiger partial charge in [0.15, 0.2) is 0 Å². The Labute approximate surface area is 135 Å². The summed E-state index contributed by atoms with van der Waals surface area (Å²) in [5.41, 5.74) is 3.52. The van der Waals surface area contributed by atoms with Crippen LogP contribution in [0.5, 0.6) is 5.75 Å². The highest BCUT2D eigenvalue weighted by Gasteiger charge is 2.09. The molecule has 116 valence electrons. The zero-order valence-corrected chi connectivity index (χ0v) is 13.6. The lowest BCUT2D eigenvalue weighted by atomic mass is 10.1. The highest BCUT2D eigenvalue weighted by atomic mass is 35.5. The molecular weight excluding hydrogens is 300 g/mol. The number of benzene rings is 2. The minimum absolute atomic E-state index is 0.127. The average molecular weight is 319 g/mol. The third-order valence-electron chi connectivity index (χ3n) is 3.24. The van der Waals surface area contributed by atoms with Gasteiger partial charge in [-0.1, -0.05) is 29.8 Å². The van der Waals surface area contributed by atoms with E-state index >= 15 is 0 Å². The number of nitrogens with one attached hydrogen (secondary N) is 2. The third-order valence-corrected chi connectivity index (χ3v) is 3.54. The van der Waals surface area contributed by atoms with Gasteiger partial charge in [0.2, 0.25) is 5.91 Å². The van der Waals surface area contributed by atoms with Crippen molar-refractivity contribution in [3.63, 3.8) is 0 Å². The van der Waals surface area contributed by atoms with E-state index in [1.54, 1.807) is 19.2 Å². The van der Waals surface area contributed by atoms with Crippen molar-refractivity contribution in [2.75, 3.05) is 24.3 Å². The lowest BCUT2D eigenvalue weighted by Crippen LogP contribution is -2.22. The van der Waals surface area contributed by atoms with Crippen LogP contribution in [0.1, 0.15) is 11.1 Å². The van der Waals surface area contributed by atoms with Crippen molar-refractivity contribution >= 4 is 28.9 Å². The molecule has 5 heteroatoms. The summed E-state index contributed by atoms with van der Waals surface area (Å²) < 4.78 is 5.20. The van der Waals surface area contributed by atoms with E-state index in [4.69, 9.17) is 16.3 Å². The summed E-state index contributed by atoms with van der Waals surface area (Å²) >= 11 is 6.21. The van der Waals surface area contributed by atoms with E-state index in [0.717, 1.165) is 16.8 Å². The summed E-state index contributed by atoms with van der Waals surface area (Å²) in [5, 5.41) is 6.51. The second-order valence-corrected chi connectivity index (χ2v) is 5.45. The number of hydrogen-bond acceptors (Lipinski definition) is 3. The molecule has 0 fully saturated rings. The first-order valence-corrected chi connectivity index (χ1v) is 7.32. The van der Waals surface area contributed by atoms with Crippen LogP contribution in [-0.2, 0) is 4.79 Å². The van der Waals surface area contributed by atoms with Crippen LogP contribution >= 0.6 is 11.6 Å². The molecule has 0 saturated heterocycles. The van der Waals surface area contributed by atoms with E-state index in [0.29, 0.717) is 16.5 Å². The summed E-state index contributed by atoms with van der Waals surface area (Å²) in [5.74, 6) is 0.459. The Bertz CT molecular complexity index is 663. The second-order valence-electron chi connectivity index (χ2n) is 5.04. The molecular formula is C17H19ClN2O2. The average Bonchev–Trinajstić information content (AvgIpc) is 2.46. The maximum atomic E-state index is 12.1. The fourth-order valence-corrected chi connectivity index (χ4v) is 2.64. The van der Waals surface area contributed by atoms with Gasteiger partial charge in [-0.3, -0.25) is 4.79 Å². The molecule has 2 aromatic rings. The Hall–Kier alpha value is -2.20. The van der Waals surface area contributed by atoms with Gasteiger partial charge in [-0.05, 0) is 43.2 Å². The van der Waals surface area contributed by atoms with E-state index < -0.39 is 0 Å². The Morgan fingerprint density at radius 2 is 1.95 bits per heavy atom. The molecule has 0 heterocycles. The van der Waals surface area contributed by atoms with E-state index in [2.05, 4.69) is 10.6 Å². The Morgan fingerprint density at radius 3 is 2.64 bits per heavy atom. The Balaban J connectivity index is 2.02. The van der Waals surface area contributed by atoms with Crippen LogP contribution in [0.15, 0.2) is 36.4 Å². The molecule has 4 nitrogen and oxygen atoms in total. The number of carbonyl (C=O) groups excluding carboxylic acids is 1. The molecule has 0 aliphatic rings. The maximum Gasteiger partial charge on any atom is 0.243 e.